The van der Waals surface area contributed by atoms with E-state index >= 15 is 0 Å². The second-order valence-electron chi connectivity index (χ2n) is 4.77. The first-order chi connectivity index (χ1) is 11.6. The summed E-state index contributed by atoms with van der Waals surface area (Å²) in [5.74, 6) is 2.42. The van der Waals surface area contributed by atoms with Gasteiger partial charge in [0.05, 0.1) is 25.8 Å². The van der Waals surface area contributed by atoms with Crippen molar-refractivity contribution in [2.75, 3.05) is 32.7 Å². The number of nitrogens with zero attached hydrogens (tertiary/aromatic N) is 1. The molecule has 0 unspecified atom stereocenters. The van der Waals surface area contributed by atoms with Crippen molar-refractivity contribution < 1.29 is 14.2 Å². The number of guanidine groups is 1. The Kier molecular flexibility index (Phi) is 6.57. The smallest absolute Gasteiger partial charge is 0.193 e. The number of methoxy groups -OCH3 is 2. The molecule has 0 fully saturated rings. The van der Waals surface area contributed by atoms with Gasteiger partial charge in [0.1, 0.15) is 23.9 Å². The molecule has 2 rings (SSSR count). The van der Waals surface area contributed by atoms with E-state index in [9.17, 15) is 0 Å². The number of halogens is 1. The van der Waals surface area contributed by atoms with Crippen molar-refractivity contribution in [1.82, 2.24) is 0 Å². The van der Waals surface area contributed by atoms with Crippen LogP contribution in [-0.4, -0.2) is 33.3 Å². The fourth-order valence-corrected chi connectivity index (χ4v) is 2.19. The number of ether oxygens (including phenoxy) is 3. The molecule has 0 aliphatic heterocycles. The van der Waals surface area contributed by atoms with Crippen molar-refractivity contribution >= 4 is 23.2 Å². The van der Waals surface area contributed by atoms with Crippen molar-refractivity contribution in [2.24, 2.45) is 10.7 Å². The third kappa shape index (κ3) is 5.24. The van der Waals surface area contributed by atoms with Gasteiger partial charge in [-0.15, -0.1) is 0 Å². The molecule has 2 aromatic rings. The van der Waals surface area contributed by atoms with Crippen molar-refractivity contribution in [3.63, 3.8) is 0 Å². The van der Waals surface area contributed by atoms with Gasteiger partial charge in [0.25, 0.3) is 0 Å². The van der Waals surface area contributed by atoms with Crippen LogP contribution in [0, 0.1) is 0 Å². The van der Waals surface area contributed by atoms with Gasteiger partial charge in [-0.2, -0.15) is 0 Å². The standard InChI is InChI=1S/C17H20ClN3O3/c1-22-13-4-6-14(7-5-13)24-10-9-20-17(19)21-12-3-8-16(23-2)15(18)11-12/h3-8,11H,9-10H2,1-2H3,(H3,19,20,21). The summed E-state index contributed by atoms with van der Waals surface area (Å²) < 4.78 is 15.8. The maximum absolute atomic E-state index is 6.05. The molecular weight excluding hydrogens is 330 g/mol. The second kappa shape index (κ2) is 8.88. The Bertz CT molecular complexity index is 690. The third-order valence-electron chi connectivity index (χ3n) is 3.13. The lowest BCUT2D eigenvalue weighted by atomic mass is 10.3. The minimum absolute atomic E-state index is 0.287. The number of anilines is 1. The molecule has 0 radical (unpaired) electrons. The van der Waals surface area contributed by atoms with E-state index in [-0.39, 0.29) is 5.96 Å². The Morgan fingerprint density at radius 1 is 1.08 bits per heavy atom. The van der Waals surface area contributed by atoms with Crippen LogP contribution in [0.4, 0.5) is 5.69 Å². The zero-order valence-corrected chi connectivity index (χ0v) is 14.3. The molecule has 24 heavy (non-hydrogen) atoms. The molecule has 6 nitrogen and oxygen atoms in total. The van der Waals surface area contributed by atoms with Crippen LogP contribution in [0.15, 0.2) is 47.5 Å². The SMILES string of the molecule is COc1ccc(OCCN=C(N)Nc2ccc(OC)c(Cl)c2)cc1. The summed E-state index contributed by atoms with van der Waals surface area (Å²) in [5.41, 5.74) is 6.57. The molecule has 128 valence electrons. The van der Waals surface area contributed by atoms with Gasteiger partial charge in [-0.3, -0.25) is 0 Å². The lowest BCUT2D eigenvalue weighted by Gasteiger charge is -2.09. The van der Waals surface area contributed by atoms with Crippen LogP contribution >= 0.6 is 11.6 Å². The van der Waals surface area contributed by atoms with Crippen LogP contribution in [0.1, 0.15) is 0 Å². The maximum atomic E-state index is 6.05. The summed E-state index contributed by atoms with van der Waals surface area (Å²) in [6.45, 7) is 0.840. The number of benzene rings is 2. The fourth-order valence-electron chi connectivity index (χ4n) is 1.93. The maximum Gasteiger partial charge on any atom is 0.193 e. The number of nitrogens with one attached hydrogen (secondary N) is 1. The average Bonchev–Trinajstić information content (AvgIpc) is 2.59. The van der Waals surface area contributed by atoms with Crippen LogP contribution in [0.3, 0.4) is 0 Å². The van der Waals surface area contributed by atoms with Crippen molar-refractivity contribution in [2.45, 2.75) is 0 Å². The molecule has 0 aliphatic carbocycles. The number of rotatable bonds is 7. The monoisotopic (exact) mass is 349 g/mol. The molecule has 0 amide bonds. The van der Waals surface area contributed by atoms with E-state index in [0.29, 0.717) is 23.9 Å². The number of hydrogen-bond donors (Lipinski definition) is 2. The molecule has 0 spiro atoms. The van der Waals surface area contributed by atoms with E-state index in [1.807, 2.05) is 24.3 Å². The molecule has 0 aromatic heterocycles. The summed E-state index contributed by atoms with van der Waals surface area (Å²) in [4.78, 5) is 4.20. The molecule has 2 aromatic carbocycles. The molecule has 0 bridgehead atoms. The minimum atomic E-state index is 0.287. The van der Waals surface area contributed by atoms with E-state index in [2.05, 4.69) is 10.3 Å². The highest BCUT2D eigenvalue weighted by atomic mass is 35.5. The van der Waals surface area contributed by atoms with Gasteiger partial charge >= 0.3 is 0 Å². The predicted molar refractivity (Wildman–Crippen MR) is 96.6 cm³/mol. The van der Waals surface area contributed by atoms with Crippen molar-refractivity contribution in [3.05, 3.63) is 47.5 Å². The Hall–Kier alpha value is -2.60. The summed E-state index contributed by atoms with van der Waals surface area (Å²) >= 11 is 6.05. The molecule has 0 aliphatic rings. The highest BCUT2D eigenvalue weighted by Crippen LogP contribution is 2.27. The fraction of sp³-hybridized carbons (Fsp3) is 0.235. The first kappa shape index (κ1) is 17.7. The number of aliphatic imine (C=N–C) groups is 1. The minimum Gasteiger partial charge on any atom is -0.497 e. The van der Waals surface area contributed by atoms with Gasteiger partial charge < -0.3 is 25.3 Å². The molecule has 3 N–H and O–H groups in total. The van der Waals surface area contributed by atoms with Gasteiger partial charge in [0.15, 0.2) is 5.96 Å². The van der Waals surface area contributed by atoms with Crippen LogP contribution in [0.5, 0.6) is 17.2 Å². The summed E-state index contributed by atoms with van der Waals surface area (Å²) in [5, 5.41) is 3.46. The van der Waals surface area contributed by atoms with Crippen molar-refractivity contribution in [1.29, 1.82) is 0 Å². The lowest BCUT2D eigenvalue weighted by Crippen LogP contribution is -2.23. The Balaban J connectivity index is 1.80. The zero-order valence-electron chi connectivity index (χ0n) is 13.6. The average molecular weight is 350 g/mol. The van der Waals surface area contributed by atoms with Gasteiger partial charge in [0, 0.05) is 5.69 Å². The van der Waals surface area contributed by atoms with E-state index in [0.717, 1.165) is 17.2 Å². The predicted octanol–water partition coefficient (Wildman–Crippen LogP) is 3.16. The Morgan fingerprint density at radius 2 is 1.79 bits per heavy atom. The largest absolute Gasteiger partial charge is 0.497 e. The molecule has 0 saturated carbocycles. The molecule has 7 heteroatoms. The van der Waals surface area contributed by atoms with Gasteiger partial charge in [-0.05, 0) is 42.5 Å². The third-order valence-corrected chi connectivity index (χ3v) is 3.42. The van der Waals surface area contributed by atoms with E-state index in [1.54, 1.807) is 32.4 Å². The van der Waals surface area contributed by atoms with Gasteiger partial charge in [0.2, 0.25) is 0 Å². The van der Waals surface area contributed by atoms with Gasteiger partial charge in [-0.1, -0.05) is 11.6 Å². The number of nitrogens with two attached hydrogens (primary N) is 1. The molecule has 0 saturated heterocycles. The topological polar surface area (TPSA) is 78.1 Å². The van der Waals surface area contributed by atoms with E-state index in [1.165, 1.54) is 0 Å². The zero-order chi connectivity index (χ0) is 17.4. The number of hydrogen-bond acceptors (Lipinski definition) is 4. The first-order valence-corrected chi connectivity index (χ1v) is 7.67. The summed E-state index contributed by atoms with van der Waals surface area (Å²) in [7, 11) is 3.18. The molecular formula is C17H20ClN3O3. The van der Waals surface area contributed by atoms with Crippen LogP contribution in [-0.2, 0) is 0 Å². The lowest BCUT2D eigenvalue weighted by molar-refractivity contribution is 0.327. The Morgan fingerprint density at radius 3 is 2.42 bits per heavy atom. The highest BCUT2D eigenvalue weighted by molar-refractivity contribution is 6.32. The summed E-state index contributed by atoms with van der Waals surface area (Å²) in [6.07, 6.45) is 0. The van der Waals surface area contributed by atoms with E-state index < -0.39 is 0 Å². The Labute approximate surface area is 146 Å². The molecule has 0 heterocycles. The van der Waals surface area contributed by atoms with Crippen molar-refractivity contribution in [3.8, 4) is 17.2 Å². The molecule has 0 atom stereocenters. The van der Waals surface area contributed by atoms with Crippen LogP contribution in [0.2, 0.25) is 5.02 Å². The second-order valence-corrected chi connectivity index (χ2v) is 5.17. The van der Waals surface area contributed by atoms with Crippen LogP contribution < -0.4 is 25.3 Å². The van der Waals surface area contributed by atoms with Gasteiger partial charge in [-0.25, -0.2) is 4.99 Å². The van der Waals surface area contributed by atoms with Crippen LogP contribution in [0.25, 0.3) is 0 Å². The quantitative estimate of drug-likeness (QED) is 0.456. The first-order valence-electron chi connectivity index (χ1n) is 7.29. The normalized spacial score (nSPS) is 11.0. The van der Waals surface area contributed by atoms with E-state index in [4.69, 9.17) is 31.5 Å². The summed E-state index contributed by atoms with van der Waals surface area (Å²) in [6, 6.07) is 12.6. The highest BCUT2D eigenvalue weighted by Gasteiger charge is 2.02.